The molecule has 3 rings (SSSR count). The molecular formula is C17H14FNO2. The smallest absolute Gasteiger partial charge is 0.338 e. The molecular weight excluding hydrogens is 269 g/mol. The van der Waals surface area contributed by atoms with Crippen LogP contribution in [0.3, 0.4) is 0 Å². The maximum Gasteiger partial charge on any atom is 0.338 e. The van der Waals surface area contributed by atoms with Gasteiger partial charge in [-0.25, -0.2) is 9.18 Å². The number of hydrogen-bond donors (Lipinski definition) is 0. The molecule has 0 amide bonds. The summed E-state index contributed by atoms with van der Waals surface area (Å²) in [5, 5.41) is 0. The van der Waals surface area contributed by atoms with E-state index in [0.29, 0.717) is 12.1 Å². The first-order valence-electron chi connectivity index (χ1n) is 6.66. The van der Waals surface area contributed by atoms with Crippen LogP contribution in [0.25, 0.3) is 0 Å². The summed E-state index contributed by atoms with van der Waals surface area (Å²) in [6.07, 6.45) is 3.12. The Morgan fingerprint density at radius 2 is 1.76 bits per heavy atom. The van der Waals surface area contributed by atoms with Crippen molar-refractivity contribution >= 4 is 5.97 Å². The maximum absolute atomic E-state index is 13.1. The van der Waals surface area contributed by atoms with Gasteiger partial charge in [-0.2, -0.15) is 0 Å². The van der Waals surface area contributed by atoms with Gasteiger partial charge in [0.15, 0.2) is 6.04 Å². The standard InChI is InChI=1S/C17H14FNO2/c18-15-8-6-14(7-9-15)16-17(20)21-11-10-19(16)12-13-4-2-1-3-5-13/h1-11,16H,12H2/t16-/m0/s1. The second-order valence-electron chi connectivity index (χ2n) is 4.83. The number of nitrogens with zero attached hydrogens (tertiary/aromatic N) is 1. The Morgan fingerprint density at radius 1 is 1.05 bits per heavy atom. The fraction of sp³-hybridized carbons (Fsp3) is 0.118. The Hall–Kier alpha value is -2.62. The zero-order valence-electron chi connectivity index (χ0n) is 11.3. The Kier molecular flexibility index (Phi) is 3.69. The number of ether oxygens (including phenoxy) is 1. The molecule has 21 heavy (non-hydrogen) atoms. The highest BCUT2D eigenvalue weighted by Crippen LogP contribution is 2.27. The molecule has 1 atom stereocenters. The predicted molar refractivity (Wildman–Crippen MR) is 76.4 cm³/mol. The van der Waals surface area contributed by atoms with Crippen molar-refractivity contribution in [2.75, 3.05) is 0 Å². The Morgan fingerprint density at radius 3 is 2.48 bits per heavy atom. The second kappa shape index (κ2) is 5.79. The lowest BCUT2D eigenvalue weighted by Gasteiger charge is -2.31. The Bertz CT molecular complexity index is 652. The average Bonchev–Trinajstić information content (AvgIpc) is 2.50. The topological polar surface area (TPSA) is 29.5 Å². The minimum absolute atomic E-state index is 0.326. The highest BCUT2D eigenvalue weighted by atomic mass is 19.1. The molecule has 2 aromatic rings. The minimum atomic E-state index is -0.559. The lowest BCUT2D eigenvalue weighted by atomic mass is 10.0. The van der Waals surface area contributed by atoms with E-state index in [4.69, 9.17) is 4.74 Å². The summed E-state index contributed by atoms with van der Waals surface area (Å²) < 4.78 is 18.0. The van der Waals surface area contributed by atoms with Crippen LogP contribution in [0, 0.1) is 5.82 Å². The number of carbonyl (C=O) groups is 1. The van der Waals surface area contributed by atoms with Crippen LogP contribution in [0.5, 0.6) is 0 Å². The van der Waals surface area contributed by atoms with E-state index in [-0.39, 0.29) is 11.8 Å². The van der Waals surface area contributed by atoms with Crippen LogP contribution < -0.4 is 0 Å². The van der Waals surface area contributed by atoms with Gasteiger partial charge in [0.1, 0.15) is 12.1 Å². The fourth-order valence-corrected chi connectivity index (χ4v) is 2.37. The SMILES string of the molecule is O=C1OC=CN(Cc2ccccc2)[C@H]1c1ccc(F)cc1. The molecule has 2 aromatic carbocycles. The fourth-order valence-electron chi connectivity index (χ4n) is 2.37. The van der Waals surface area contributed by atoms with Crippen LogP contribution in [-0.4, -0.2) is 10.9 Å². The summed E-state index contributed by atoms with van der Waals surface area (Å²) in [5.74, 6) is -0.687. The van der Waals surface area contributed by atoms with Crippen molar-refractivity contribution < 1.29 is 13.9 Å². The van der Waals surface area contributed by atoms with Crippen molar-refractivity contribution in [3.05, 3.63) is 84.0 Å². The van der Waals surface area contributed by atoms with Crippen molar-refractivity contribution in [2.24, 2.45) is 0 Å². The van der Waals surface area contributed by atoms with E-state index in [1.54, 1.807) is 18.3 Å². The van der Waals surface area contributed by atoms with E-state index >= 15 is 0 Å². The molecule has 3 nitrogen and oxygen atoms in total. The van der Waals surface area contributed by atoms with E-state index in [1.165, 1.54) is 18.4 Å². The molecule has 0 aromatic heterocycles. The summed E-state index contributed by atoms with van der Waals surface area (Å²) >= 11 is 0. The van der Waals surface area contributed by atoms with Crippen LogP contribution in [-0.2, 0) is 16.1 Å². The molecule has 0 saturated heterocycles. The summed E-state index contributed by atoms with van der Waals surface area (Å²) in [6.45, 7) is 0.578. The normalized spacial score (nSPS) is 17.7. The largest absolute Gasteiger partial charge is 0.431 e. The van der Waals surface area contributed by atoms with Gasteiger partial charge in [-0.1, -0.05) is 42.5 Å². The molecule has 0 saturated carbocycles. The van der Waals surface area contributed by atoms with Crippen molar-refractivity contribution in [1.82, 2.24) is 4.90 Å². The Balaban J connectivity index is 1.89. The maximum atomic E-state index is 13.1. The van der Waals surface area contributed by atoms with Crippen molar-refractivity contribution in [1.29, 1.82) is 0 Å². The number of benzene rings is 2. The summed E-state index contributed by atoms with van der Waals surface area (Å²) in [6, 6.07) is 15.2. The van der Waals surface area contributed by atoms with Crippen LogP contribution in [0.15, 0.2) is 67.1 Å². The third-order valence-corrected chi connectivity index (χ3v) is 3.39. The molecule has 1 aliphatic rings. The third-order valence-electron chi connectivity index (χ3n) is 3.39. The van der Waals surface area contributed by atoms with Gasteiger partial charge in [-0.3, -0.25) is 0 Å². The molecule has 106 valence electrons. The van der Waals surface area contributed by atoms with E-state index in [1.807, 2.05) is 35.2 Å². The van der Waals surface area contributed by atoms with Crippen LogP contribution in [0.4, 0.5) is 4.39 Å². The Labute approximate surface area is 122 Å². The quantitative estimate of drug-likeness (QED) is 0.809. The van der Waals surface area contributed by atoms with Crippen LogP contribution in [0.1, 0.15) is 17.2 Å². The molecule has 0 spiro atoms. The highest BCUT2D eigenvalue weighted by molar-refractivity contribution is 5.79. The molecule has 1 heterocycles. The number of cyclic esters (lactones) is 1. The van der Waals surface area contributed by atoms with Crippen LogP contribution in [0.2, 0.25) is 0 Å². The van der Waals surface area contributed by atoms with Gasteiger partial charge < -0.3 is 9.64 Å². The van der Waals surface area contributed by atoms with Gasteiger partial charge in [0, 0.05) is 12.7 Å². The van der Waals surface area contributed by atoms with E-state index < -0.39 is 6.04 Å². The van der Waals surface area contributed by atoms with Crippen molar-refractivity contribution in [2.45, 2.75) is 12.6 Å². The van der Waals surface area contributed by atoms with Crippen molar-refractivity contribution in [3.8, 4) is 0 Å². The molecule has 1 aliphatic heterocycles. The number of rotatable bonds is 3. The van der Waals surface area contributed by atoms with Crippen LogP contribution >= 0.6 is 0 Å². The molecule has 0 radical (unpaired) electrons. The second-order valence-corrected chi connectivity index (χ2v) is 4.83. The average molecular weight is 283 g/mol. The summed E-state index contributed by atoms with van der Waals surface area (Å²) in [4.78, 5) is 14.0. The number of esters is 1. The summed E-state index contributed by atoms with van der Waals surface area (Å²) in [7, 11) is 0. The predicted octanol–water partition coefficient (Wildman–Crippen LogP) is 3.40. The number of hydrogen-bond acceptors (Lipinski definition) is 3. The van der Waals surface area contributed by atoms with Gasteiger partial charge in [0.2, 0.25) is 0 Å². The van der Waals surface area contributed by atoms with Gasteiger partial charge in [-0.15, -0.1) is 0 Å². The highest BCUT2D eigenvalue weighted by Gasteiger charge is 2.29. The zero-order valence-corrected chi connectivity index (χ0v) is 11.3. The molecule has 0 unspecified atom stereocenters. The first-order chi connectivity index (χ1) is 10.2. The van der Waals surface area contributed by atoms with E-state index in [9.17, 15) is 9.18 Å². The minimum Gasteiger partial charge on any atom is -0.431 e. The number of carbonyl (C=O) groups excluding carboxylic acids is 1. The lowest BCUT2D eigenvalue weighted by Crippen LogP contribution is -2.33. The first kappa shape index (κ1) is 13.4. The third kappa shape index (κ3) is 2.94. The molecule has 0 N–H and O–H groups in total. The molecule has 0 aliphatic carbocycles. The van der Waals surface area contributed by atoms with Crippen molar-refractivity contribution in [3.63, 3.8) is 0 Å². The summed E-state index contributed by atoms with van der Waals surface area (Å²) in [5.41, 5.74) is 1.80. The number of halogens is 1. The van der Waals surface area contributed by atoms with E-state index in [2.05, 4.69) is 0 Å². The first-order valence-corrected chi connectivity index (χ1v) is 6.66. The molecule has 0 fully saturated rings. The molecule has 0 bridgehead atoms. The van der Waals surface area contributed by atoms with Gasteiger partial charge in [0.25, 0.3) is 0 Å². The molecule has 4 heteroatoms. The lowest BCUT2D eigenvalue weighted by molar-refractivity contribution is -0.146. The zero-order chi connectivity index (χ0) is 14.7. The van der Waals surface area contributed by atoms with E-state index in [0.717, 1.165) is 5.56 Å². The van der Waals surface area contributed by atoms with Gasteiger partial charge in [0.05, 0.1) is 0 Å². The van der Waals surface area contributed by atoms with Gasteiger partial charge in [-0.05, 0) is 23.3 Å². The van der Waals surface area contributed by atoms with Gasteiger partial charge >= 0.3 is 5.97 Å². The monoisotopic (exact) mass is 283 g/mol.